The van der Waals surface area contributed by atoms with Gasteiger partial charge in [-0.2, -0.15) is 0 Å². The first-order valence-corrected chi connectivity index (χ1v) is 10.0. The van der Waals surface area contributed by atoms with Crippen LogP contribution in [0.4, 0.5) is 5.13 Å². The Morgan fingerprint density at radius 3 is 2.78 bits per heavy atom. The molecule has 0 saturated heterocycles. The zero-order chi connectivity index (χ0) is 15.9. The maximum absolute atomic E-state index is 12.0. The lowest BCUT2D eigenvalue weighted by Gasteiger charge is -2.02. The molecule has 2 heterocycles. The molecule has 0 fully saturated rings. The van der Waals surface area contributed by atoms with Gasteiger partial charge in [-0.15, -0.1) is 34.4 Å². The molecule has 23 heavy (non-hydrogen) atoms. The lowest BCUT2D eigenvalue weighted by atomic mass is 10.3. The molecule has 118 valence electrons. The van der Waals surface area contributed by atoms with Crippen LogP contribution >= 0.6 is 34.4 Å². The number of amides is 1. The number of hydrogen-bond acceptors (Lipinski definition) is 5. The van der Waals surface area contributed by atoms with E-state index in [1.54, 1.807) is 23.1 Å². The molecular weight excluding hydrogens is 344 g/mol. The SMILES string of the molecule is O=C(CCCSc1ccccc1)Nc1nc(-c2cccs2)cs1. The number of thiophene rings is 1. The number of carbonyl (C=O) groups is 1. The van der Waals surface area contributed by atoms with Crippen LogP contribution in [0.1, 0.15) is 12.8 Å². The van der Waals surface area contributed by atoms with Crippen LogP contribution < -0.4 is 5.32 Å². The number of rotatable bonds is 7. The number of thioether (sulfide) groups is 1. The van der Waals surface area contributed by atoms with E-state index in [0.717, 1.165) is 22.7 Å². The number of carbonyl (C=O) groups excluding carboxylic acids is 1. The number of nitrogens with one attached hydrogen (secondary N) is 1. The van der Waals surface area contributed by atoms with E-state index in [4.69, 9.17) is 0 Å². The number of benzene rings is 1. The molecule has 0 aliphatic rings. The van der Waals surface area contributed by atoms with Gasteiger partial charge in [0.15, 0.2) is 5.13 Å². The fourth-order valence-electron chi connectivity index (χ4n) is 1.99. The highest BCUT2D eigenvalue weighted by Crippen LogP contribution is 2.28. The summed E-state index contributed by atoms with van der Waals surface area (Å²) in [6.45, 7) is 0. The lowest BCUT2D eigenvalue weighted by Crippen LogP contribution is -2.11. The highest BCUT2D eigenvalue weighted by molar-refractivity contribution is 7.99. The summed E-state index contributed by atoms with van der Waals surface area (Å²) in [7, 11) is 0. The molecule has 0 bridgehead atoms. The van der Waals surface area contributed by atoms with Crippen molar-refractivity contribution in [2.24, 2.45) is 0 Å². The molecule has 0 atom stereocenters. The minimum absolute atomic E-state index is 0.0331. The zero-order valence-corrected chi connectivity index (χ0v) is 14.8. The van der Waals surface area contributed by atoms with E-state index in [1.165, 1.54) is 16.2 Å². The number of aromatic nitrogens is 1. The van der Waals surface area contributed by atoms with Crippen molar-refractivity contribution in [3.8, 4) is 10.6 Å². The second kappa shape index (κ2) is 8.29. The molecule has 1 aromatic carbocycles. The molecule has 0 saturated carbocycles. The molecule has 0 spiro atoms. The first kappa shape index (κ1) is 16.2. The minimum Gasteiger partial charge on any atom is -0.302 e. The Hall–Kier alpha value is -1.63. The molecule has 1 amide bonds. The maximum atomic E-state index is 12.0. The van der Waals surface area contributed by atoms with Gasteiger partial charge >= 0.3 is 0 Å². The monoisotopic (exact) mass is 360 g/mol. The van der Waals surface area contributed by atoms with Crippen LogP contribution in [0.3, 0.4) is 0 Å². The van der Waals surface area contributed by atoms with Crippen LogP contribution in [0.2, 0.25) is 0 Å². The second-order valence-electron chi connectivity index (χ2n) is 4.83. The summed E-state index contributed by atoms with van der Waals surface area (Å²) >= 11 is 4.90. The van der Waals surface area contributed by atoms with Gasteiger partial charge < -0.3 is 5.32 Å². The molecule has 3 nitrogen and oxygen atoms in total. The average molecular weight is 361 g/mol. The van der Waals surface area contributed by atoms with Gasteiger partial charge in [-0.3, -0.25) is 4.79 Å². The van der Waals surface area contributed by atoms with Gasteiger partial charge in [0.2, 0.25) is 5.91 Å². The predicted molar refractivity (Wildman–Crippen MR) is 100 cm³/mol. The molecule has 0 aliphatic heterocycles. The normalized spacial score (nSPS) is 10.6. The first-order valence-electron chi connectivity index (χ1n) is 7.28. The second-order valence-corrected chi connectivity index (χ2v) is 7.80. The summed E-state index contributed by atoms with van der Waals surface area (Å²) < 4.78 is 0. The molecule has 0 unspecified atom stereocenters. The van der Waals surface area contributed by atoms with E-state index in [2.05, 4.69) is 22.4 Å². The number of thiazole rings is 1. The molecule has 6 heteroatoms. The molecule has 3 aromatic rings. The Bertz CT molecular complexity index is 738. The highest BCUT2D eigenvalue weighted by Gasteiger charge is 2.08. The first-order chi connectivity index (χ1) is 11.3. The van der Waals surface area contributed by atoms with Crippen molar-refractivity contribution in [3.05, 3.63) is 53.2 Å². The van der Waals surface area contributed by atoms with E-state index in [1.807, 2.05) is 41.1 Å². The van der Waals surface area contributed by atoms with Gasteiger partial charge in [0.25, 0.3) is 0 Å². The van der Waals surface area contributed by atoms with E-state index in [0.29, 0.717) is 11.6 Å². The van der Waals surface area contributed by atoms with Gasteiger partial charge in [0.1, 0.15) is 0 Å². The van der Waals surface area contributed by atoms with Crippen LogP contribution in [0.15, 0.2) is 58.1 Å². The van der Waals surface area contributed by atoms with E-state index in [-0.39, 0.29) is 5.91 Å². The molecule has 0 radical (unpaired) electrons. The summed E-state index contributed by atoms with van der Waals surface area (Å²) in [5.74, 6) is 0.973. The van der Waals surface area contributed by atoms with Crippen molar-refractivity contribution in [2.45, 2.75) is 17.7 Å². The van der Waals surface area contributed by atoms with Crippen LogP contribution in [-0.4, -0.2) is 16.6 Å². The standard InChI is InChI=1S/C17H16N2OS3/c20-16(9-5-10-21-13-6-2-1-3-7-13)19-17-18-14(12-23-17)15-8-4-11-22-15/h1-4,6-8,11-12H,5,9-10H2,(H,18,19,20). The largest absolute Gasteiger partial charge is 0.302 e. The third-order valence-corrected chi connectivity index (χ3v) is 5.83. The molecule has 2 aromatic heterocycles. The quantitative estimate of drug-likeness (QED) is 0.454. The van der Waals surface area contributed by atoms with Gasteiger partial charge in [-0.05, 0) is 35.8 Å². The van der Waals surface area contributed by atoms with Gasteiger partial charge in [0, 0.05) is 16.7 Å². The maximum Gasteiger partial charge on any atom is 0.226 e. The van der Waals surface area contributed by atoms with Gasteiger partial charge in [-0.25, -0.2) is 4.98 Å². The third kappa shape index (κ3) is 4.92. The molecule has 3 rings (SSSR count). The number of hydrogen-bond donors (Lipinski definition) is 1. The van der Waals surface area contributed by atoms with E-state index >= 15 is 0 Å². The van der Waals surface area contributed by atoms with Crippen LogP contribution in [0, 0.1) is 0 Å². The Balaban J connectivity index is 1.41. The fourth-order valence-corrected chi connectivity index (χ4v) is 4.35. The molecule has 0 aliphatic carbocycles. The van der Waals surface area contributed by atoms with Crippen molar-refractivity contribution in [3.63, 3.8) is 0 Å². The van der Waals surface area contributed by atoms with Crippen LogP contribution in [-0.2, 0) is 4.79 Å². The fraction of sp³-hybridized carbons (Fsp3) is 0.176. The molecule has 1 N–H and O–H groups in total. The Morgan fingerprint density at radius 1 is 1.13 bits per heavy atom. The Kier molecular flexibility index (Phi) is 5.85. The summed E-state index contributed by atoms with van der Waals surface area (Å²) in [4.78, 5) is 18.8. The summed E-state index contributed by atoms with van der Waals surface area (Å²) in [6.07, 6.45) is 1.38. The van der Waals surface area contributed by atoms with Crippen LogP contribution in [0.5, 0.6) is 0 Å². The van der Waals surface area contributed by atoms with Crippen molar-refractivity contribution < 1.29 is 4.79 Å². The van der Waals surface area contributed by atoms with E-state index in [9.17, 15) is 4.79 Å². The summed E-state index contributed by atoms with van der Waals surface area (Å²) in [5.41, 5.74) is 0.930. The Labute approximate surface area is 147 Å². The molecular formula is C17H16N2OS3. The zero-order valence-electron chi connectivity index (χ0n) is 12.4. The van der Waals surface area contributed by atoms with Gasteiger partial charge in [-0.1, -0.05) is 24.3 Å². The van der Waals surface area contributed by atoms with Crippen LogP contribution in [0.25, 0.3) is 10.6 Å². The Morgan fingerprint density at radius 2 is 2.00 bits per heavy atom. The van der Waals surface area contributed by atoms with E-state index < -0.39 is 0 Å². The topological polar surface area (TPSA) is 42.0 Å². The summed E-state index contributed by atoms with van der Waals surface area (Å²) in [5, 5.41) is 7.57. The minimum atomic E-state index is 0.0331. The van der Waals surface area contributed by atoms with Crippen molar-refractivity contribution in [2.75, 3.05) is 11.1 Å². The van der Waals surface area contributed by atoms with Gasteiger partial charge in [0.05, 0.1) is 10.6 Å². The number of anilines is 1. The third-order valence-electron chi connectivity index (χ3n) is 3.08. The smallest absolute Gasteiger partial charge is 0.226 e. The van der Waals surface area contributed by atoms with Crippen molar-refractivity contribution in [1.29, 1.82) is 0 Å². The summed E-state index contributed by atoms with van der Waals surface area (Å²) in [6, 6.07) is 14.3. The van der Waals surface area contributed by atoms with Crippen molar-refractivity contribution in [1.82, 2.24) is 4.98 Å². The number of nitrogens with zero attached hydrogens (tertiary/aromatic N) is 1. The average Bonchev–Trinajstić information content (AvgIpc) is 3.24. The van der Waals surface area contributed by atoms with Crippen molar-refractivity contribution >= 4 is 45.5 Å². The lowest BCUT2D eigenvalue weighted by molar-refractivity contribution is -0.116. The predicted octanol–water partition coefficient (Wildman–Crippen LogP) is 5.38. The highest BCUT2D eigenvalue weighted by atomic mass is 32.2.